The van der Waals surface area contributed by atoms with Crippen molar-refractivity contribution < 1.29 is 14.7 Å². The number of carboxylic acids is 1. The third-order valence-corrected chi connectivity index (χ3v) is 3.05. The topological polar surface area (TPSA) is 128 Å². The third-order valence-electron chi connectivity index (χ3n) is 2.64. The summed E-state index contributed by atoms with van der Waals surface area (Å²) >= 11 is 3.18. The zero-order valence-electron chi connectivity index (χ0n) is 12.6. The lowest BCUT2D eigenvalue weighted by Crippen LogP contribution is -2.42. The van der Waals surface area contributed by atoms with Gasteiger partial charge in [0, 0.05) is 18.6 Å². The Morgan fingerprint density at radius 3 is 2.52 bits per heavy atom. The molecule has 0 radical (unpaired) electrons. The Morgan fingerprint density at radius 2 is 2.04 bits per heavy atom. The van der Waals surface area contributed by atoms with Gasteiger partial charge in [0.05, 0.1) is 4.47 Å². The van der Waals surface area contributed by atoms with Crippen molar-refractivity contribution >= 4 is 33.8 Å². The fraction of sp³-hybridized carbons (Fsp3) is 0.357. The number of hydrogen-bond acceptors (Lipinski definition) is 6. The van der Waals surface area contributed by atoms with E-state index in [-0.39, 0.29) is 23.9 Å². The number of nitrogens with zero attached hydrogens (tertiary/aromatic N) is 3. The molecule has 122 valence electrons. The van der Waals surface area contributed by atoms with Gasteiger partial charge in [-0.1, -0.05) is 13.8 Å². The Balaban J connectivity index is 2.77. The number of amides is 1. The van der Waals surface area contributed by atoms with Gasteiger partial charge in [0.2, 0.25) is 5.95 Å². The van der Waals surface area contributed by atoms with E-state index in [4.69, 9.17) is 10.4 Å². The summed E-state index contributed by atoms with van der Waals surface area (Å²) in [6.07, 6.45) is 4.40. The van der Waals surface area contributed by atoms with E-state index in [0.29, 0.717) is 4.47 Å². The van der Waals surface area contributed by atoms with Crippen LogP contribution >= 0.6 is 15.9 Å². The first-order valence-corrected chi connectivity index (χ1v) is 7.50. The second-order valence-electron chi connectivity index (χ2n) is 5.03. The van der Waals surface area contributed by atoms with Gasteiger partial charge >= 0.3 is 5.97 Å². The minimum absolute atomic E-state index is 0.0835. The molecule has 1 atom stereocenters. The summed E-state index contributed by atoms with van der Waals surface area (Å²) in [5.74, 6) is -1.63. The number of aliphatic carboxylic acids is 1. The van der Waals surface area contributed by atoms with Crippen LogP contribution in [0.4, 0.5) is 5.95 Å². The molecule has 0 aromatic carbocycles. The fourth-order valence-electron chi connectivity index (χ4n) is 1.60. The number of halogens is 1. The van der Waals surface area contributed by atoms with Crippen LogP contribution in [0.1, 0.15) is 20.3 Å². The summed E-state index contributed by atoms with van der Waals surface area (Å²) in [4.78, 5) is 31.0. The van der Waals surface area contributed by atoms with Gasteiger partial charge in [-0.15, -0.1) is 0 Å². The largest absolute Gasteiger partial charge is 0.480 e. The van der Waals surface area contributed by atoms with E-state index in [9.17, 15) is 9.59 Å². The van der Waals surface area contributed by atoms with E-state index in [1.807, 2.05) is 13.8 Å². The molecule has 0 fully saturated rings. The molecule has 0 aliphatic rings. The van der Waals surface area contributed by atoms with Crippen LogP contribution in [0.5, 0.6) is 0 Å². The van der Waals surface area contributed by atoms with Crippen molar-refractivity contribution in [3.8, 4) is 6.07 Å². The van der Waals surface area contributed by atoms with Crippen molar-refractivity contribution in [3.63, 3.8) is 0 Å². The minimum atomic E-state index is -1.14. The Hall–Kier alpha value is -2.47. The van der Waals surface area contributed by atoms with Crippen molar-refractivity contribution in [2.24, 2.45) is 5.92 Å². The highest BCUT2D eigenvalue weighted by atomic mass is 79.9. The molecule has 0 aliphatic carbocycles. The second-order valence-corrected chi connectivity index (χ2v) is 5.95. The minimum Gasteiger partial charge on any atom is -0.480 e. The Labute approximate surface area is 141 Å². The number of aromatic nitrogens is 2. The highest BCUT2D eigenvalue weighted by molar-refractivity contribution is 9.10. The molecule has 1 unspecified atom stereocenters. The maximum atomic E-state index is 12.0. The van der Waals surface area contributed by atoms with Crippen molar-refractivity contribution in [2.45, 2.75) is 26.3 Å². The summed E-state index contributed by atoms with van der Waals surface area (Å²) in [6, 6.07) is 0.657. The average molecular weight is 382 g/mol. The summed E-state index contributed by atoms with van der Waals surface area (Å²) in [7, 11) is 0. The van der Waals surface area contributed by atoms with Gasteiger partial charge in [-0.3, -0.25) is 4.79 Å². The molecule has 8 nitrogen and oxygen atoms in total. The number of nitrogens with one attached hydrogen (secondary N) is 2. The van der Waals surface area contributed by atoms with Crippen LogP contribution < -0.4 is 10.6 Å². The molecule has 0 bridgehead atoms. The standard InChI is InChI=1S/C14H16BrN5O3/c1-8(2)3-11(13(22)23)20-12(21)9(4-16)5-17-14-18-6-10(15)7-19-14/h5-8,11H,3H2,1-2H3,(H,20,21)(H,22,23)(H,17,18,19)/b9-5-. The zero-order valence-corrected chi connectivity index (χ0v) is 14.2. The quantitative estimate of drug-likeness (QED) is 0.483. The average Bonchev–Trinajstić information content (AvgIpc) is 2.48. The van der Waals surface area contributed by atoms with Gasteiger partial charge in [-0.25, -0.2) is 14.8 Å². The van der Waals surface area contributed by atoms with Crippen LogP contribution in [0.15, 0.2) is 28.6 Å². The fourth-order valence-corrected chi connectivity index (χ4v) is 1.81. The molecule has 0 spiro atoms. The molecule has 23 heavy (non-hydrogen) atoms. The van der Waals surface area contributed by atoms with Crippen LogP contribution in [-0.2, 0) is 9.59 Å². The summed E-state index contributed by atoms with van der Waals surface area (Å²) < 4.78 is 0.684. The number of rotatable bonds is 7. The second kappa shape index (κ2) is 8.85. The van der Waals surface area contributed by atoms with Gasteiger partial charge in [0.25, 0.3) is 5.91 Å². The Morgan fingerprint density at radius 1 is 1.43 bits per heavy atom. The first-order chi connectivity index (χ1) is 10.8. The molecule has 0 saturated heterocycles. The molecule has 3 N–H and O–H groups in total. The van der Waals surface area contributed by atoms with Crippen molar-refractivity contribution in [3.05, 3.63) is 28.6 Å². The number of nitriles is 1. The predicted octanol–water partition coefficient (Wildman–Crippen LogP) is 1.67. The van der Waals surface area contributed by atoms with Crippen LogP contribution in [0.25, 0.3) is 0 Å². The highest BCUT2D eigenvalue weighted by Crippen LogP contribution is 2.08. The number of hydrogen-bond donors (Lipinski definition) is 3. The van der Waals surface area contributed by atoms with E-state index in [0.717, 1.165) is 6.20 Å². The molecule has 1 amide bonds. The van der Waals surface area contributed by atoms with E-state index in [2.05, 4.69) is 36.5 Å². The van der Waals surface area contributed by atoms with E-state index in [1.165, 1.54) is 12.4 Å². The first kappa shape index (κ1) is 18.6. The number of carbonyl (C=O) groups is 2. The van der Waals surface area contributed by atoms with Gasteiger partial charge < -0.3 is 15.7 Å². The van der Waals surface area contributed by atoms with Crippen LogP contribution in [-0.4, -0.2) is 33.0 Å². The normalized spacial score (nSPS) is 12.4. The molecule has 1 heterocycles. The van der Waals surface area contributed by atoms with Gasteiger partial charge in [-0.05, 0) is 28.3 Å². The van der Waals surface area contributed by atoms with Crippen molar-refractivity contribution in [1.82, 2.24) is 15.3 Å². The van der Waals surface area contributed by atoms with Gasteiger partial charge in [0.15, 0.2) is 0 Å². The molecule has 1 aromatic heterocycles. The number of carboxylic acid groups (broad SMARTS) is 1. The smallest absolute Gasteiger partial charge is 0.326 e. The third kappa shape index (κ3) is 6.44. The molecule has 0 saturated carbocycles. The maximum absolute atomic E-state index is 12.0. The summed E-state index contributed by atoms with van der Waals surface area (Å²) in [5.41, 5.74) is -0.272. The monoisotopic (exact) mass is 381 g/mol. The number of anilines is 1. The van der Waals surface area contributed by atoms with Gasteiger partial charge in [-0.2, -0.15) is 5.26 Å². The summed E-state index contributed by atoms with van der Waals surface area (Å²) in [5, 5.41) is 23.1. The zero-order chi connectivity index (χ0) is 17.4. The highest BCUT2D eigenvalue weighted by Gasteiger charge is 2.22. The van der Waals surface area contributed by atoms with Crippen molar-refractivity contribution in [2.75, 3.05) is 5.32 Å². The lowest BCUT2D eigenvalue weighted by molar-refractivity contribution is -0.141. The molecule has 1 rings (SSSR count). The Bertz CT molecular complexity index is 637. The number of carbonyl (C=O) groups excluding carboxylic acids is 1. The lowest BCUT2D eigenvalue weighted by atomic mass is 10.0. The molecule has 9 heteroatoms. The van der Waals surface area contributed by atoms with E-state index in [1.54, 1.807) is 6.07 Å². The van der Waals surface area contributed by atoms with E-state index < -0.39 is 17.9 Å². The molecular weight excluding hydrogens is 366 g/mol. The SMILES string of the molecule is CC(C)CC(NC(=O)/C(C#N)=C\Nc1ncc(Br)cn1)C(=O)O. The van der Waals surface area contributed by atoms with Gasteiger partial charge in [0.1, 0.15) is 17.7 Å². The maximum Gasteiger partial charge on any atom is 0.326 e. The van der Waals surface area contributed by atoms with E-state index >= 15 is 0 Å². The lowest BCUT2D eigenvalue weighted by Gasteiger charge is -2.16. The van der Waals surface area contributed by atoms with Crippen LogP contribution in [0.3, 0.4) is 0 Å². The molecule has 1 aromatic rings. The molecule has 0 aliphatic heterocycles. The Kier molecular flexibility index (Phi) is 7.15. The van der Waals surface area contributed by atoms with Crippen LogP contribution in [0.2, 0.25) is 0 Å². The predicted molar refractivity (Wildman–Crippen MR) is 86.1 cm³/mol. The summed E-state index contributed by atoms with van der Waals surface area (Å²) in [6.45, 7) is 3.69. The molecular formula is C14H16BrN5O3. The van der Waals surface area contributed by atoms with Crippen molar-refractivity contribution in [1.29, 1.82) is 5.26 Å². The van der Waals surface area contributed by atoms with Crippen LogP contribution in [0, 0.1) is 17.2 Å². The first-order valence-electron chi connectivity index (χ1n) is 6.71.